The maximum absolute atomic E-state index is 12.1. The van der Waals surface area contributed by atoms with Crippen molar-refractivity contribution in [1.29, 1.82) is 5.26 Å². The molecule has 4 nitrogen and oxygen atoms in total. The number of hydrogen-bond donors (Lipinski definition) is 1. The predicted octanol–water partition coefficient (Wildman–Crippen LogP) is 2.93. The Morgan fingerprint density at radius 2 is 2.00 bits per heavy atom. The summed E-state index contributed by atoms with van der Waals surface area (Å²) in [5.74, 6) is 0. The summed E-state index contributed by atoms with van der Waals surface area (Å²) < 4.78 is 1.74. The van der Waals surface area contributed by atoms with E-state index in [0.29, 0.717) is 6.54 Å². The highest BCUT2D eigenvalue weighted by Gasteiger charge is 2.44. The second-order valence-electron chi connectivity index (χ2n) is 5.93. The van der Waals surface area contributed by atoms with E-state index in [1.807, 2.05) is 42.5 Å². The summed E-state index contributed by atoms with van der Waals surface area (Å²) >= 11 is 0. The Kier molecular flexibility index (Phi) is 2.70. The van der Waals surface area contributed by atoms with Crippen LogP contribution in [0, 0.1) is 11.3 Å². The van der Waals surface area contributed by atoms with Crippen molar-refractivity contribution in [2.24, 2.45) is 0 Å². The zero-order valence-electron chi connectivity index (χ0n) is 12.0. The molecule has 0 bridgehead atoms. The molecule has 1 aliphatic carbocycles. The molecule has 1 N–H and O–H groups in total. The normalized spacial score (nSPS) is 15.6. The highest BCUT2D eigenvalue weighted by Crippen LogP contribution is 2.47. The van der Waals surface area contributed by atoms with E-state index >= 15 is 0 Å². The van der Waals surface area contributed by atoms with Crippen LogP contribution in [0.2, 0.25) is 0 Å². The third-order valence-corrected chi connectivity index (χ3v) is 4.47. The molecule has 0 saturated heterocycles. The number of nitrogens with zero attached hydrogens (tertiary/aromatic N) is 2. The lowest BCUT2D eigenvalue weighted by Crippen LogP contribution is -2.17. The molecule has 22 heavy (non-hydrogen) atoms. The number of hydrogen-bond acceptors (Lipinski definition) is 2. The van der Waals surface area contributed by atoms with Crippen molar-refractivity contribution in [3.63, 3.8) is 0 Å². The lowest BCUT2D eigenvalue weighted by Gasteiger charge is -2.09. The van der Waals surface area contributed by atoms with Gasteiger partial charge in [-0.2, -0.15) is 5.26 Å². The van der Waals surface area contributed by atoms with Crippen LogP contribution in [-0.2, 0) is 12.0 Å². The summed E-state index contributed by atoms with van der Waals surface area (Å²) in [5.41, 5.74) is 3.47. The summed E-state index contributed by atoms with van der Waals surface area (Å²) in [6.07, 6.45) is 1.86. The first-order valence-electron chi connectivity index (χ1n) is 7.40. The van der Waals surface area contributed by atoms with Crippen LogP contribution < -0.4 is 5.69 Å². The number of nitriles is 1. The van der Waals surface area contributed by atoms with Crippen LogP contribution in [0.1, 0.15) is 24.0 Å². The summed E-state index contributed by atoms with van der Waals surface area (Å²) in [7, 11) is 0. The minimum Gasteiger partial charge on any atom is -0.306 e. The molecule has 0 unspecified atom stereocenters. The van der Waals surface area contributed by atoms with Crippen molar-refractivity contribution in [3.05, 3.63) is 70.1 Å². The van der Waals surface area contributed by atoms with Gasteiger partial charge in [0.25, 0.3) is 0 Å². The Labute approximate surface area is 127 Å². The van der Waals surface area contributed by atoms with Crippen molar-refractivity contribution in [1.82, 2.24) is 9.55 Å². The van der Waals surface area contributed by atoms with Gasteiger partial charge in [-0.25, -0.2) is 4.79 Å². The highest BCUT2D eigenvalue weighted by molar-refractivity contribution is 5.75. The second-order valence-corrected chi connectivity index (χ2v) is 5.93. The Morgan fingerprint density at radius 1 is 1.18 bits per heavy atom. The van der Waals surface area contributed by atoms with Gasteiger partial charge in [0, 0.05) is 0 Å². The number of H-pyrrole nitrogens is 1. The molecular weight excluding hydrogens is 274 g/mol. The molecule has 1 aromatic heterocycles. The van der Waals surface area contributed by atoms with Crippen LogP contribution >= 0.6 is 0 Å². The molecule has 1 saturated carbocycles. The molecule has 4 rings (SSSR count). The summed E-state index contributed by atoms with van der Waals surface area (Å²) in [5, 5.41) is 9.33. The van der Waals surface area contributed by atoms with Crippen LogP contribution in [0.3, 0.4) is 0 Å². The van der Waals surface area contributed by atoms with Gasteiger partial charge >= 0.3 is 5.69 Å². The van der Waals surface area contributed by atoms with Crippen LogP contribution in [0.25, 0.3) is 11.0 Å². The molecule has 1 aliphatic rings. The van der Waals surface area contributed by atoms with Gasteiger partial charge in [0.15, 0.2) is 0 Å². The molecule has 4 heteroatoms. The lowest BCUT2D eigenvalue weighted by molar-refractivity contribution is 0.782. The number of imidazole rings is 1. The minimum atomic E-state index is -0.290. The highest BCUT2D eigenvalue weighted by atomic mass is 16.1. The molecule has 0 spiro atoms. The SMILES string of the molecule is N#CC1(c2cccc(Cn3c(=O)[nH]c4ccccc43)c2)CC1. The first-order valence-corrected chi connectivity index (χ1v) is 7.40. The summed E-state index contributed by atoms with van der Waals surface area (Å²) in [6.45, 7) is 0.512. The van der Waals surface area contributed by atoms with Crippen LogP contribution in [0.15, 0.2) is 53.3 Å². The maximum Gasteiger partial charge on any atom is 0.326 e. The number of aromatic amines is 1. The molecule has 0 atom stereocenters. The zero-order valence-corrected chi connectivity index (χ0v) is 12.0. The Bertz CT molecular complexity index is 954. The van der Waals surface area contributed by atoms with E-state index in [2.05, 4.69) is 17.1 Å². The van der Waals surface area contributed by atoms with Crippen molar-refractivity contribution in [2.45, 2.75) is 24.8 Å². The predicted molar refractivity (Wildman–Crippen MR) is 84.6 cm³/mol. The Hall–Kier alpha value is -2.80. The molecular formula is C18H15N3O. The Morgan fingerprint density at radius 3 is 2.77 bits per heavy atom. The molecule has 1 fully saturated rings. The van der Waals surface area contributed by atoms with Gasteiger partial charge in [0.05, 0.1) is 29.1 Å². The largest absolute Gasteiger partial charge is 0.326 e. The third-order valence-electron chi connectivity index (χ3n) is 4.47. The standard InChI is InChI=1S/C18H15N3O/c19-12-18(8-9-18)14-5-3-4-13(10-14)11-21-16-7-2-1-6-15(16)20-17(21)22/h1-7,10H,8-9,11H2,(H,20,22). The van der Waals surface area contributed by atoms with Gasteiger partial charge in [-0.05, 0) is 36.1 Å². The van der Waals surface area contributed by atoms with Crippen LogP contribution in [0.4, 0.5) is 0 Å². The summed E-state index contributed by atoms with van der Waals surface area (Å²) in [4.78, 5) is 15.0. The van der Waals surface area contributed by atoms with Gasteiger partial charge in [-0.1, -0.05) is 36.4 Å². The van der Waals surface area contributed by atoms with E-state index in [9.17, 15) is 10.1 Å². The monoisotopic (exact) mass is 289 g/mol. The van der Waals surface area contributed by atoms with E-state index in [1.165, 1.54) is 0 Å². The summed E-state index contributed by atoms with van der Waals surface area (Å²) in [6, 6.07) is 18.2. The fraction of sp³-hybridized carbons (Fsp3) is 0.222. The number of para-hydroxylation sites is 2. The van der Waals surface area contributed by atoms with E-state index in [4.69, 9.17) is 0 Å². The smallest absolute Gasteiger partial charge is 0.306 e. The van der Waals surface area contributed by atoms with Crippen molar-refractivity contribution < 1.29 is 0 Å². The number of fused-ring (bicyclic) bond motifs is 1. The van der Waals surface area contributed by atoms with Gasteiger partial charge < -0.3 is 4.98 Å². The van der Waals surface area contributed by atoms with Crippen molar-refractivity contribution in [3.8, 4) is 6.07 Å². The number of benzene rings is 2. The zero-order chi connectivity index (χ0) is 15.2. The number of aromatic nitrogens is 2. The maximum atomic E-state index is 12.1. The average Bonchev–Trinajstić information content (AvgIpc) is 3.29. The molecule has 0 radical (unpaired) electrons. The molecule has 3 aromatic rings. The first-order chi connectivity index (χ1) is 10.7. The lowest BCUT2D eigenvalue weighted by atomic mass is 9.96. The average molecular weight is 289 g/mol. The first kappa shape index (κ1) is 12.9. The fourth-order valence-electron chi connectivity index (χ4n) is 3.00. The van der Waals surface area contributed by atoms with Crippen LogP contribution in [-0.4, -0.2) is 9.55 Å². The van der Waals surface area contributed by atoms with Gasteiger partial charge in [0.2, 0.25) is 0 Å². The van der Waals surface area contributed by atoms with Crippen LogP contribution in [0.5, 0.6) is 0 Å². The van der Waals surface area contributed by atoms with E-state index in [-0.39, 0.29) is 11.1 Å². The molecule has 0 aliphatic heterocycles. The molecule has 1 heterocycles. The van der Waals surface area contributed by atoms with E-state index in [1.54, 1.807) is 4.57 Å². The fourth-order valence-corrected chi connectivity index (χ4v) is 3.00. The van der Waals surface area contributed by atoms with E-state index in [0.717, 1.165) is 35.0 Å². The Balaban J connectivity index is 1.75. The second kappa shape index (κ2) is 4.60. The molecule has 108 valence electrons. The number of rotatable bonds is 3. The van der Waals surface area contributed by atoms with E-state index < -0.39 is 0 Å². The molecule has 0 amide bonds. The van der Waals surface area contributed by atoms with Gasteiger partial charge in [-0.15, -0.1) is 0 Å². The van der Waals surface area contributed by atoms with Gasteiger partial charge in [0.1, 0.15) is 0 Å². The quantitative estimate of drug-likeness (QED) is 0.805. The van der Waals surface area contributed by atoms with Gasteiger partial charge in [-0.3, -0.25) is 4.57 Å². The topological polar surface area (TPSA) is 61.6 Å². The van der Waals surface area contributed by atoms with Crippen molar-refractivity contribution in [2.75, 3.05) is 0 Å². The third kappa shape index (κ3) is 1.94. The minimum absolute atomic E-state index is 0.104. The van der Waals surface area contributed by atoms with Crippen molar-refractivity contribution >= 4 is 11.0 Å². The number of nitrogens with one attached hydrogen (secondary N) is 1. The molecule has 2 aromatic carbocycles.